The van der Waals surface area contributed by atoms with E-state index in [0.29, 0.717) is 46.9 Å². The number of halogens is 1. The Morgan fingerprint density at radius 3 is 2.68 bits per heavy atom. The zero-order valence-electron chi connectivity index (χ0n) is 18.9. The van der Waals surface area contributed by atoms with Crippen molar-refractivity contribution in [3.63, 3.8) is 0 Å². The van der Waals surface area contributed by atoms with Crippen LogP contribution in [-0.4, -0.2) is 46.2 Å². The number of carbonyl (C=O) groups is 2. The van der Waals surface area contributed by atoms with E-state index in [2.05, 4.69) is 10.3 Å². The summed E-state index contributed by atoms with van der Waals surface area (Å²) in [5, 5.41) is 3.61. The van der Waals surface area contributed by atoms with Crippen LogP contribution in [-0.2, 0) is 11.3 Å². The SMILES string of the molecule is CCCNC(=O)c1ccc2c(=O)n(C[C@@H]3CCCO3)c(SCC(=O)c3ccc(F)cc3)nc2c1. The third-order valence-electron chi connectivity index (χ3n) is 5.63. The molecule has 1 fully saturated rings. The summed E-state index contributed by atoms with van der Waals surface area (Å²) in [6.07, 6.45) is 2.50. The lowest BCUT2D eigenvalue weighted by molar-refractivity contribution is 0.0937. The van der Waals surface area contributed by atoms with E-state index in [1.165, 1.54) is 24.3 Å². The zero-order chi connectivity index (χ0) is 24.1. The average molecular weight is 484 g/mol. The zero-order valence-corrected chi connectivity index (χ0v) is 19.7. The van der Waals surface area contributed by atoms with E-state index >= 15 is 0 Å². The summed E-state index contributed by atoms with van der Waals surface area (Å²) in [5.41, 5.74) is 0.966. The largest absolute Gasteiger partial charge is 0.376 e. The van der Waals surface area contributed by atoms with Crippen LogP contribution in [0.4, 0.5) is 4.39 Å². The fraction of sp³-hybridized carbons (Fsp3) is 0.360. The first-order valence-electron chi connectivity index (χ1n) is 11.3. The van der Waals surface area contributed by atoms with E-state index in [0.717, 1.165) is 31.0 Å². The van der Waals surface area contributed by atoms with Gasteiger partial charge in [-0.15, -0.1) is 0 Å². The molecule has 1 N–H and O–H groups in total. The molecule has 1 atom stereocenters. The second kappa shape index (κ2) is 10.9. The van der Waals surface area contributed by atoms with Crippen LogP contribution in [0.3, 0.4) is 0 Å². The van der Waals surface area contributed by atoms with Crippen molar-refractivity contribution >= 4 is 34.4 Å². The van der Waals surface area contributed by atoms with Crippen LogP contribution in [0.5, 0.6) is 0 Å². The van der Waals surface area contributed by atoms with Crippen LogP contribution >= 0.6 is 11.8 Å². The lowest BCUT2D eigenvalue weighted by Crippen LogP contribution is -2.29. The van der Waals surface area contributed by atoms with E-state index in [1.54, 1.807) is 22.8 Å². The molecule has 7 nitrogen and oxygen atoms in total. The van der Waals surface area contributed by atoms with Gasteiger partial charge < -0.3 is 10.1 Å². The fourth-order valence-corrected chi connectivity index (χ4v) is 4.70. The molecule has 2 aromatic carbocycles. The number of nitrogens with one attached hydrogen (secondary N) is 1. The molecular weight excluding hydrogens is 457 g/mol. The Morgan fingerprint density at radius 1 is 1.21 bits per heavy atom. The van der Waals surface area contributed by atoms with Gasteiger partial charge in [-0.1, -0.05) is 18.7 Å². The lowest BCUT2D eigenvalue weighted by atomic mass is 10.1. The summed E-state index contributed by atoms with van der Waals surface area (Å²) in [4.78, 5) is 43.1. The third-order valence-corrected chi connectivity index (χ3v) is 6.60. The molecule has 1 aromatic heterocycles. The highest BCUT2D eigenvalue weighted by Gasteiger charge is 2.21. The number of amides is 1. The molecule has 178 valence electrons. The molecule has 0 spiro atoms. The minimum Gasteiger partial charge on any atom is -0.376 e. The molecule has 2 heterocycles. The molecule has 0 radical (unpaired) electrons. The quantitative estimate of drug-likeness (QED) is 0.283. The van der Waals surface area contributed by atoms with Crippen molar-refractivity contribution in [3.8, 4) is 0 Å². The molecule has 1 saturated heterocycles. The first-order valence-corrected chi connectivity index (χ1v) is 12.3. The fourth-order valence-electron chi connectivity index (χ4n) is 3.79. The standard InChI is InChI=1S/C25H26FN3O4S/c1-2-11-27-23(31)17-7-10-20-21(13-17)28-25(29(24(20)32)14-19-4-3-12-33-19)34-15-22(30)16-5-8-18(26)9-6-16/h5-10,13,19H,2-4,11-12,14-15H2,1H3,(H,27,31)/t19-/m0/s1. The van der Waals surface area contributed by atoms with Crippen LogP contribution in [0.15, 0.2) is 52.4 Å². The molecule has 0 aliphatic carbocycles. The maximum atomic E-state index is 13.4. The van der Waals surface area contributed by atoms with Crippen molar-refractivity contribution in [1.82, 2.24) is 14.9 Å². The molecule has 0 saturated carbocycles. The van der Waals surface area contributed by atoms with Crippen LogP contribution < -0.4 is 10.9 Å². The summed E-state index contributed by atoms with van der Waals surface area (Å²) in [5.74, 6) is -0.804. The second-order valence-corrected chi connectivity index (χ2v) is 9.09. The Kier molecular flexibility index (Phi) is 7.74. The number of hydrogen-bond acceptors (Lipinski definition) is 6. The molecule has 34 heavy (non-hydrogen) atoms. The Morgan fingerprint density at radius 2 is 1.97 bits per heavy atom. The van der Waals surface area contributed by atoms with E-state index in [-0.39, 0.29) is 29.1 Å². The predicted octanol–water partition coefficient (Wildman–Crippen LogP) is 3.83. The van der Waals surface area contributed by atoms with Crippen molar-refractivity contribution in [2.45, 2.75) is 44.0 Å². The molecule has 1 aliphatic rings. The number of ether oxygens (including phenoxy) is 1. The average Bonchev–Trinajstić information content (AvgIpc) is 3.36. The van der Waals surface area contributed by atoms with Gasteiger partial charge in [-0.3, -0.25) is 19.0 Å². The van der Waals surface area contributed by atoms with Crippen molar-refractivity contribution < 1.29 is 18.7 Å². The molecule has 3 aromatic rings. The number of thioether (sulfide) groups is 1. The number of carbonyl (C=O) groups excluding carboxylic acids is 2. The minimum absolute atomic E-state index is 0.0335. The number of Topliss-reactive ketones (excluding diaryl/α,β-unsaturated/α-hetero) is 1. The van der Waals surface area contributed by atoms with Gasteiger partial charge in [0.05, 0.1) is 29.3 Å². The van der Waals surface area contributed by atoms with Gasteiger partial charge in [0.25, 0.3) is 11.5 Å². The van der Waals surface area contributed by atoms with Gasteiger partial charge in [0.1, 0.15) is 5.82 Å². The van der Waals surface area contributed by atoms with Gasteiger partial charge in [0.2, 0.25) is 0 Å². The molecule has 0 bridgehead atoms. The van der Waals surface area contributed by atoms with Gasteiger partial charge in [-0.2, -0.15) is 0 Å². The van der Waals surface area contributed by atoms with Crippen molar-refractivity contribution in [2.75, 3.05) is 18.9 Å². The minimum atomic E-state index is -0.412. The Bertz CT molecular complexity index is 1250. The number of rotatable bonds is 9. The summed E-state index contributed by atoms with van der Waals surface area (Å²) in [6.45, 7) is 3.52. The molecule has 1 aliphatic heterocycles. The Balaban J connectivity index is 1.66. The van der Waals surface area contributed by atoms with Gasteiger partial charge in [0.15, 0.2) is 10.9 Å². The summed E-state index contributed by atoms with van der Waals surface area (Å²) < 4.78 is 20.5. The van der Waals surface area contributed by atoms with Crippen molar-refractivity contribution in [1.29, 1.82) is 0 Å². The topological polar surface area (TPSA) is 90.3 Å². The van der Waals surface area contributed by atoms with Crippen LogP contribution in [0, 0.1) is 5.82 Å². The van der Waals surface area contributed by atoms with Gasteiger partial charge in [0, 0.05) is 24.3 Å². The smallest absolute Gasteiger partial charge is 0.262 e. The highest BCUT2D eigenvalue weighted by molar-refractivity contribution is 7.99. The predicted molar refractivity (Wildman–Crippen MR) is 129 cm³/mol. The summed E-state index contributed by atoms with van der Waals surface area (Å²) >= 11 is 1.15. The number of ketones is 1. The molecule has 9 heteroatoms. The molecular formula is C25H26FN3O4S. The summed E-state index contributed by atoms with van der Waals surface area (Å²) in [7, 11) is 0. The molecule has 1 amide bonds. The highest BCUT2D eigenvalue weighted by atomic mass is 32.2. The van der Waals surface area contributed by atoms with Gasteiger partial charge in [-0.25, -0.2) is 9.37 Å². The summed E-state index contributed by atoms with van der Waals surface area (Å²) in [6, 6.07) is 10.2. The van der Waals surface area contributed by atoms with E-state index in [4.69, 9.17) is 4.74 Å². The normalized spacial score (nSPS) is 15.5. The van der Waals surface area contributed by atoms with E-state index < -0.39 is 5.82 Å². The molecule has 0 unspecified atom stereocenters. The van der Waals surface area contributed by atoms with Crippen LogP contribution in [0.25, 0.3) is 10.9 Å². The van der Waals surface area contributed by atoms with Crippen LogP contribution in [0.2, 0.25) is 0 Å². The second-order valence-electron chi connectivity index (χ2n) is 8.15. The van der Waals surface area contributed by atoms with Gasteiger partial charge >= 0.3 is 0 Å². The van der Waals surface area contributed by atoms with Crippen LogP contribution in [0.1, 0.15) is 46.9 Å². The first-order chi connectivity index (χ1) is 16.5. The number of fused-ring (bicyclic) bond motifs is 1. The number of hydrogen-bond donors (Lipinski definition) is 1. The Hall–Kier alpha value is -3.04. The lowest BCUT2D eigenvalue weighted by Gasteiger charge is -2.16. The Labute approximate surface area is 200 Å². The van der Waals surface area contributed by atoms with E-state index in [9.17, 15) is 18.8 Å². The van der Waals surface area contributed by atoms with Gasteiger partial charge in [-0.05, 0) is 61.7 Å². The maximum Gasteiger partial charge on any atom is 0.262 e. The highest BCUT2D eigenvalue weighted by Crippen LogP contribution is 2.23. The van der Waals surface area contributed by atoms with E-state index in [1.807, 2.05) is 6.92 Å². The number of aromatic nitrogens is 2. The van der Waals surface area contributed by atoms with Crippen molar-refractivity contribution in [3.05, 3.63) is 69.8 Å². The van der Waals surface area contributed by atoms with Crippen molar-refractivity contribution in [2.24, 2.45) is 0 Å². The first kappa shape index (κ1) is 24.1. The number of benzene rings is 2. The third kappa shape index (κ3) is 5.53. The number of nitrogens with zero attached hydrogens (tertiary/aromatic N) is 2. The molecule has 4 rings (SSSR count). The maximum absolute atomic E-state index is 13.4. The monoisotopic (exact) mass is 483 g/mol.